The van der Waals surface area contributed by atoms with Crippen molar-refractivity contribution < 1.29 is 13.9 Å². The van der Waals surface area contributed by atoms with E-state index >= 15 is 0 Å². The van der Waals surface area contributed by atoms with Gasteiger partial charge in [0.15, 0.2) is 11.9 Å². The number of nitrogens with zero attached hydrogens (tertiary/aromatic N) is 4. The molecule has 1 fully saturated rings. The van der Waals surface area contributed by atoms with Crippen LogP contribution in [0.15, 0.2) is 30.3 Å². The molecule has 0 radical (unpaired) electrons. The van der Waals surface area contributed by atoms with Crippen LogP contribution in [-0.2, 0) is 17.6 Å². The molecule has 1 saturated heterocycles. The van der Waals surface area contributed by atoms with Crippen molar-refractivity contribution in [2.24, 2.45) is 0 Å². The molecule has 1 aliphatic heterocycles. The highest BCUT2D eigenvalue weighted by Gasteiger charge is 2.27. The van der Waals surface area contributed by atoms with E-state index < -0.39 is 6.10 Å². The lowest BCUT2D eigenvalue weighted by Gasteiger charge is -2.36. The molecule has 0 N–H and O–H groups in total. The van der Waals surface area contributed by atoms with Crippen molar-refractivity contribution in [3.05, 3.63) is 47.4 Å². The summed E-state index contributed by atoms with van der Waals surface area (Å²) in [6.45, 7) is 4.34. The molecule has 0 saturated carbocycles. The molecule has 1 aromatic heterocycles. The molecule has 1 aromatic carbocycles. The maximum absolute atomic E-state index is 13.3. The summed E-state index contributed by atoms with van der Waals surface area (Å²) in [5.74, 6) is 0.796. The van der Waals surface area contributed by atoms with Crippen LogP contribution in [-0.4, -0.2) is 53.3 Å². The maximum atomic E-state index is 13.3. The van der Waals surface area contributed by atoms with Gasteiger partial charge >= 0.3 is 0 Å². The van der Waals surface area contributed by atoms with E-state index in [1.54, 1.807) is 24.0 Å². The Balaban J connectivity index is 1.33. The predicted molar refractivity (Wildman–Crippen MR) is 99.3 cm³/mol. The number of ether oxygens (including phenoxy) is 1. The number of anilines is 1. The first-order chi connectivity index (χ1) is 13.1. The van der Waals surface area contributed by atoms with Gasteiger partial charge in [-0.2, -0.15) is 5.10 Å². The smallest absolute Gasteiger partial charge is 0.263 e. The van der Waals surface area contributed by atoms with E-state index in [1.165, 1.54) is 17.7 Å². The molecular weight excluding hydrogens is 347 g/mol. The van der Waals surface area contributed by atoms with E-state index in [4.69, 9.17) is 4.74 Å². The third-order valence-corrected chi connectivity index (χ3v) is 5.18. The highest BCUT2D eigenvalue weighted by atomic mass is 19.1. The molecule has 7 heteroatoms. The standard InChI is InChI=1S/C20H23FN4O2/c1-14(27-17-6-3-5-16(21)13-17)20(26)25-10-8-24(9-11-25)19-12-15-4-2-7-18(15)22-23-19/h3,5-6,12-14H,2,4,7-11H2,1H3. The Morgan fingerprint density at radius 2 is 1.96 bits per heavy atom. The van der Waals surface area contributed by atoms with Gasteiger partial charge < -0.3 is 14.5 Å². The van der Waals surface area contributed by atoms with Gasteiger partial charge in [0.05, 0.1) is 5.69 Å². The minimum atomic E-state index is -0.655. The van der Waals surface area contributed by atoms with Crippen LogP contribution in [0.4, 0.5) is 10.2 Å². The summed E-state index contributed by atoms with van der Waals surface area (Å²) < 4.78 is 18.9. The average molecular weight is 370 g/mol. The molecular formula is C20H23FN4O2. The summed E-state index contributed by atoms with van der Waals surface area (Å²) in [6, 6.07) is 7.99. The van der Waals surface area contributed by atoms with E-state index in [2.05, 4.69) is 21.2 Å². The zero-order valence-electron chi connectivity index (χ0n) is 15.4. The largest absolute Gasteiger partial charge is 0.481 e. The van der Waals surface area contributed by atoms with E-state index in [-0.39, 0.29) is 11.7 Å². The van der Waals surface area contributed by atoms with Gasteiger partial charge in [0.2, 0.25) is 0 Å². The van der Waals surface area contributed by atoms with Crippen molar-refractivity contribution in [3.63, 3.8) is 0 Å². The Bertz CT molecular complexity index is 836. The number of benzene rings is 1. The zero-order valence-corrected chi connectivity index (χ0v) is 15.4. The summed E-state index contributed by atoms with van der Waals surface area (Å²) in [6.07, 6.45) is 2.59. The third-order valence-electron chi connectivity index (χ3n) is 5.18. The number of amides is 1. The van der Waals surface area contributed by atoms with E-state index in [1.807, 2.05) is 0 Å². The van der Waals surface area contributed by atoms with Crippen LogP contribution in [0.2, 0.25) is 0 Å². The maximum Gasteiger partial charge on any atom is 0.263 e. The highest BCUT2D eigenvalue weighted by Crippen LogP contribution is 2.23. The Morgan fingerprint density at radius 3 is 2.74 bits per heavy atom. The number of fused-ring (bicyclic) bond motifs is 1. The lowest BCUT2D eigenvalue weighted by molar-refractivity contribution is -0.138. The van der Waals surface area contributed by atoms with Crippen molar-refractivity contribution in [2.75, 3.05) is 31.1 Å². The average Bonchev–Trinajstić information content (AvgIpc) is 3.15. The van der Waals surface area contributed by atoms with E-state index in [9.17, 15) is 9.18 Å². The number of carbonyl (C=O) groups is 1. The Kier molecular flexibility index (Phi) is 4.92. The number of aromatic nitrogens is 2. The molecule has 2 aliphatic rings. The van der Waals surface area contributed by atoms with Crippen molar-refractivity contribution in [1.29, 1.82) is 0 Å². The summed E-state index contributed by atoms with van der Waals surface area (Å²) in [5.41, 5.74) is 2.42. The van der Waals surface area contributed by atoms with E-state index in [0.717, 1.165) is 30.8 Å². The highest BCUT2D eigenvalue weighted by molar-refractivity contribution is 5.81. The number of aryl methyl sites for hydroxylation is 2. The van der Waals surface area contributed by atoms with Crippen LogP contribution < -0.4 is 9.64 Å². The second-order valence-electron chi connectivity index (χ2n) is 7.06. The first-order valence-electron chi connectivity index (χ1n) is 9.41. The number of piperazine rings is 1. The minimum Gasteiger partial charge on any atom is -0.481 e. The van der Waals surface area contributed by atoms with Crippen LogP contribution in [0.3, 0.4) is 0 Å². The third kappa shape index (κ3) is 3.86. The van der Waals surface area contributed by atoms with Gasteiger partial charge in [-0.1, -0.05) is 6.07 Å². The summed E-state index contributed by atoms with van der Waals surface area (Å²) in [4.78, 5) is 16.6. The molecule has 27 heavy (non-hydrogen) atoms. The fraction of sp³-hybridized carbons (Fsp3) is 0.450. The van der Waals surface area contributed by atoms with Gasteiger partial charge in [-0.05, 0) is 49.9 Å². The van der Waals surface area contributed by atoms with Gasteiger partial charge in [-0.15, -0.1) is 5.10 Å². The summed E-state index contributed by atoms with van der Waals surface area (Å²) in [5, 5.41) is 8.70. The van der Waals surface area contributed by atoms with Gasteiger partial charge in [0.25, 0.3) is 5.91 Å². The molecule has 2 heterocycles. The quantitative estimate of drug-likeness (QED) is 0.826. The monoisotopic (exact) mass is 370 g/mol. The molecule has 142 valence electrons. The van der Waals surface area contributed by atoms with Gasteiger partial charge in [0.1, 0.15) is 11.6 Å². The van der Waals surface area contributed by atoms with Gasteiger partial charge in [-0.3, -0.25) is 4.79 Å². The van der Waals surface area contributed by atoms with Crippen LogP contribution in [0.5, 0.6) is 5.75 Å². The molecule has 0 spiro atoms. The fourth-order valence-corrected chi connectivity index (χ4v) is 3.68. The zero-order chi connectivity index (χ0) is 18.8. The fourth-order valence-electron chi connectivity index (χ4n) is 3.68. The Morgan fingerprint density at radius 1 is 1.15 bits per heavy atom. The molecule has 6 nitrogen and oxygen atoms in total. The Labute approximate surface area is 157 Å². The molecule has 4 rings (SSSR count). The normalized spacial score (nSPS) is 17.6. The molecule has 1 unspecified atom stereocenters. The molecule has 1 amide bonds. The van der Waals surface area contributed by atoms with E-state index in [0.29, 0.717) is 31.9 Å². The first-order valence-corrected chi connectivity index (χ1v) is 9.41. The second-order valence-corrected chi connectivity index (χ2v) is 7.06. The second kappa shape index (κ2) is 7.50. The lowest BCUT2D eigenvalue weighted by Crippen LogP contribution is -2.52. The van der Waals surface area contributed by atoms with Crippen molar-refractivity contribution in [2.45, 2.75) is 32.3 Å². The number of halogens is 1. The predicted octanol–water partition coefficient (Wildman–Crippen LogP) is 2.22. The van der Waals surface area contributed by atoms with Gasteiger partial charge in [-0.25, -0.2) is 4.39 Å². The molecule has 0 bridgehead atoms. The number of rotatable bonds is 4. The number of hydrogen-bond acceptors (Lipinski definition) is 5. The Hall–Kier alpha value is -2.70. The SMILES string of the molecule is CC(Oc1cccc(F)c1)C(=O)N1CCN(c2cc3c(nn2)CCC3)CC1. The van der Waals surface area contributed by atoms with Crippen LogP contribution in [0.1, 0.15) is 24.6 Å². The number of hydrogen-bond donors (Lipinski definition) is 0. The topological polar surface area (TPSA) is 58.6 Å². The van der Waals surface area contributed by atoms with Crippen LogP contribution in [0, 0.1) is 5.82 Å². The van der Waals surface area contributed by atoms with Crippen molar-refractivity contribution in [3.8, 4) is 5.75 Å². The van der Waals surface area contributed by atoms with Crippen molar-refractivity contribution >= 4 is 11.7 Å². The van der Waals surface area contributed by atoms with Gasteiger partial charge in [0, 0.05) is 32.2 Å². The first kappa shape index (κ1) is 17.7. The molecule has 1 aliphatic carbocycles. The lowest BCUT2D eigenvalue weighted by atomic mass is 10.2. The summed E-state index contributed by atoms with van der Waals surface area (Å²) in [7, 11) is 0. The molecule has 1 atom stereocenters. The van der Waals surface area contributed by atoms with Crippen LogP contribution >= 0.6 is 0 Å². The minimum absolute atomic E-state index is 0.0843. The summed E-state index contributed by atoms with van der Waals surface area (Å²) >= 11 is 0. The molecule has 2 aromatic rings. The van der Waals surface area contributed by atoms with Crippen LogP contribution in [0.25, 0.3) is 0 Å². The number of carbonyl (C=O) groups excluding carboxylic acids is 1. The van der Waals surface area contributed by atoms with Crippen molar-refractivity contribution in [1.82, 2.24) is 15.1 Å².